The van der Waals surface area contributed by atoms with Gasteiger partial charge < -0.3 is 15.4 Å². The molecule has 84 valence electrons. The van der Waals surface area contributed by atoms with Gasteiger partial charge >= 0.3 is 0 Å². The number of hydrogen-bond donors (Lipinski definition) is 2. The Morgan fingerprint density at radius 1 is 1.38 bits per heavy atom. The Morgan fingerprint density at radius 3 is 2.69 bits per heavy atom. The quantitative estimate of drug-likeness (QED) is 0.820. The van der Waals surface area contributed by atoms with E-state index in [0.29, 0.717) is 0 Å². The first-order valence-corrected chi connectivity index (χ1v) is 5.23. The van der Waals surface area contributed by atoms with Crippen molar-refractivity contribution in [2.75, 3.05) is 0 Å². The molecule has 0 amide bonds. The minimum atomic E-state index is 0.0880. The summed E-state index contributed by atoms with van der Waals surface area (Å²) in [5.74, 6) is 1.13. The molecular formula is C12H15N3O. The lowest BCUT2D eigenvalue weighted by atomic mass is 10.2. The van der Waals surface area contributed by atoms with E-state index in [1.807, 2.05) is 29.8 Å². The minimum Gasteiger partial charge on any atom is -0.508 e. The van der Waals surface area contributed by atoms with Crippen LogP contribution >= 0.6 is 0 Å². The maximum absolute atomic E-state index is 9.22. The van der Waals surface area contributed by atoms with Crippen LogP contribution < -0.4 is 5.73 Å². The number of nitrogens with zero attached hydrogens (tertiary/aromatic N) is 2. The van der Waals surface area contributed by atoms with Crippen LogP contribution in [-0.4, -0.2) is 20.7 Å². The summed E-state index contributed by atoms with van der Waals surface area (Å²) >= 11 is 0. The Hall–Kier alpha value is -1.81. The zero-order valence-electron chi connectivity index (χ0n) is 9.17. The topological polar surface area (TPSA) is 64.1 Å². The van der Waals surface area contributed by atoms with Crippen molar-refractivity contribution in [3.63, 3.8) is 0 Å². The predicted octanol–water partition coefficient (Wildman–Crippen LogP) is 1.60. The van der Waals surface area contributed by atoms with E-state index in [0.717, 1.165) is 17.9 Å². The number of rotatable bonds is 3. The van der Waals surface area contributed by atoms with Gasteiger partial charge in [-0.1, -0.05) is 0 Å². The van der Waals surface area contributed by atoms with Crippen LogP contribution in [0.2, 0.25) is 0 Å². The molecule has 0 aliphatic carbocycles. The average Bonchev–Trinajstić information content (AvgIpc) is 2.66. The molecule has 0 saturated carbocycles. The molecule has 0 spiro atoms. The van der Waals surface area contributed by atoms with E-state index in [2.05, 4.69) is 4.98 Å². The molecule has 4 nitrogen and oxygen atoms in total. The van der Waals surface area contributed by atoms with Gasteiger partial charge in [0, 0.05) is 30.5 Å². The molecule has 0 saturated heterocycles. The number of imidazole rings is 1. The number of aromatic nitrogens is 2. The Balaban J connectivity index is 2.33. The second-order valence-corrected chi connectivity index (χ2v) is 3.93. The molecule has 1 heterocycles. The van der Waals surface area contributed by atoms with Crippen LogP contribution in [0.5, 0.6) is 5.75 Å². The zero-order valence-corrected chi connectivity index (χ0v) is 9.17. The van der Waals surface area contributed by atoms with E-state index in [4.69, 9.17) is 5.73 Å². The van der Waals surface area contributed by atoms with E-state index in [9.17, 15) is 5.11 Å². The van der Waals surface area contributed by atoms with Crippen LogP contribution in [0.15, 0.2) is 36.7 Å². The van der Waals surface area contributed by atoms with Crippen molar-refractivity contribution in [1.82, 2.24) is 9.55 Å². The largest absolute Gasteiger partial charge is 0.508 e. The molecule has 16 heavy (non-hydrogen) atoms. The average molecular weight is 217 g/mol. The van der Waals surface area contributed by atoms with Crippen molar-refractivity contribution in [3.8, 4) is 17.1 Å². The Bertz CT molecular complexity index is 459. The monoisotopic (exact) mass is 217 g/mol. The van der Waals surface area contributed by atoms with Gasteiger partial charge in [-0.2, -0.15) is 0 Å². The number of hydrogen-bond acceptors (Lipinski definition) is 3. The SMILES string of the molecule is C[C@H](N)Cn1ccnc1-c1ccc(O)cc1. The second-order valence-electron chi connectivity index (χ2n) is 3.93. The first-order valence-electron chi connectivity index (χ1n) is 5.23. The predicted molar refractivity (Wildman–Crippen MR) is 63.0 cm³/mol. The molecule has 0 aliphatic rings. The van der Waals surface area contributed by atoms with Gasteiger partial charge in [-0.3, -0.25) is 0 Å². The highest BCUT2D eigenvalue weighted by Gasteiger charge is 2.06. The lowest BCUT2D eigenvalue weighted by Crippen LogP contribution is -2.22. The summed E-state index contributed by atoms with van der Waals surface area (Å²) in [6, 6.07) is 7.08. The molecule has 0 bridgehead atoms. The van der Waals surface area contributed by atoms with Crippen molar-refractivity contribution in [3.05, 3.63) is 36.7 Å². The maximum atomic E-state index is 9.22. The molecule has 2 rings (SSSR count). The number of benzene rings is 1. The molecule has 3 N–H and O–H groups in total. The summed E-state index contributed by atoms with van der Waals surface area (Å²) in [6.45, 7) is 2.69. The third-order valence-electron chi connectivity index (χ3n) is 2.33. The van der Waals surface area contributed by atoms with Gasteiger partial charge in [-0.05, 0) is 31.2 Å². The lowest BCUT2D eigenvalue weighted by molar-refractivity contribution is 0.475. The molecule has 2 aromatic rings. The summed E-state index contributed by atoms with van der Waals surface area (Å²) < 4.78 is 2.01. The third kappa shape index (κ3) is 2.23. The van der Waals surface area contributed by atoms with Crippen LogP contribution in [0, 0.1) is 0 Å². The van der Waals surface area contributed by atoms with Crippen molar-refractivity contribution < 1.29 is 5.11 Å². The van der Waals surface area contributed by atoms with E-state index in [1.165, 1.54) is 0 Å². The molecule has 4 heteroatoms. The van der Waals surface area contributed by atoms with Crippen molar-refractivity contribution in [2.45, 2.75) is 19.5 Å². The van der Waals surface area contributed by atoms with Gasteiger partial charge in [0.05, 0.1) is 0 Å². The Labute approximate surface area is 94.4 Å². The molecule has 1 aromatic heterocycles. The standard InChI is InChI=1S/C12H15N3O/c1-9(13)8-15-7-6-14-12(15)10-2-4-11(16)5-3-10/h2-7,9,16H,8,13H2,1H3/t9-/m0/s1. The van der Waals surface area contributed by atoms with E-state index in [1.54, 1.807) is 18.3 Å². The fourth-order valence-electron chi connectivity index (χ4n) is 1.64. The highest BCUT2D eigenvalue weighted by Crippen LogP contribution is 2.20. The summed E-state index contributed by atoms with van der Waals surface area (Å²) in [4.78, 5) is 4.29. The fraction of sp³-hybridized carbons (Fsp3) is 0.250. The summed E-state index contributed by atoms with van der Waals surface area (Å²) in [5.41, 5.74) is 6.74. The first kappa shape index (κ1) is 10.7. The normalized spacial score (nSPS) is 12.6. The van der Waals surface area contributed by atoms with Gasteiger partial charge in [0.25, 0.3) is 0 Å². The van der Waals surface area contributed by atoms with E-state index < -0.39 is 0 Å². The van der Waals surface area contributed by atoms with Crippen LogP contribution in [0.4, 0.5) is 0 Å². The minimum absolute atomic E-state index is 0.0880. The maximum Gasteiger partial charge on any atom is 0.139 e. The Kier molecular flexibility index (Phi) is 2.92. The van der Waals surface area contributed by atoms with Crippen LogP contribution in [-0.2, 0) is 6.54 Å². The number of aromatic hydroxyl groups is 1. The van der Waals surface area contributed by atoms with Crippen molar-refractivity contribution in [1.29, 1.82) is 0 Å². The third-order valence-corrected chi connectivity index (χ3v) is 2.33. The number of phenols is 1. The van der Waals surface area contributed by atoms with Gasteiger partial charge in [-0.15, -0.1) is 0 Å². The molecule has 1 aromatic carbocycles. The molecule has 0 aliphatic heterocycles. The van der Waals surface area contributed by atoms with Crippen LogP contribution in [0.1, 0.15) is 6.92 Å². The smallest absolute Gasteiger partial charge is 0.139 e. The van der Waals surface area contributed by atoms with Crippen molar-refractivity contribution in [2.24, 2.45) is 5.73 Å². The molecule has 0 unspecified atom stereocenters. The van der Waals surface area contributed by atoms with Gasteiger partial charge in [0.15, 0.2) is 0 Å². The summed E-state index contributed by atoms with van der Waals surface area (Å²) in [5, 5.41) is 9.22. The first-order chi connectivity index (χ1) is 7.66. The highest BCUT2D eigenvalue weighted by atomic mass is 16.3. The molecule has 1 atom stereocenters. The number of phenolic OH excluding ortho intramolecular Hbond substituents is 1. The molecule has 0 radical (unpaired) electrons. The van der Waals surface area contributed by atoms with Gasteiger partial charge in [0.2, 0.25) is 0 Å². The van der Waals surface area contributed by atoms with Crippen LogP contribution in [0.3, 0.4) is 0 Å². The second kappa shape index (κ2) is 4.37. The zero-order chi connectivity index (χ0) is 11.5. The van der Waals surface area contributed by atoms with E-state index in [-0.39, 0.29) is 11.8 Å². The van der Waals surface area contributed by atoms with E-state index >= 15 is 0 Å². The fourth-order valence-corrected chi connectivity index (χ4v) is 1.64. The lowest BCUT2D eigenvalue weighted by Gasteiger charge is -2.10. The van der Waals surface area contributed by atoms with Crippen LogP contribution in [0.25, 0.3) is 11.4 Å². The van der Waals surface area contributed by atoms with Gasteiger partial charge in [-0.25, -0.2) is 4.98 Å². The highest BCUT2D eigenvalue weighted by molar-refractivity contribution is 5.56. The molecular weight excluding hydrogens is 202 g/mol. The van der Waals surface area contributed by atoms with Gasteiger partial charge in [0.1, 0.15) is 11.6 Å². The van der Waals surface area contributed by atoms with Crippen molar-refractivity contribution >= 4 is 0 Å². The number of nitrogens with two attached hydrogens (primary N) is 1. The molecule has 0 fully saturated rings. The summed E-state index contributed by atoms with van der Waals surface area (Å²) in [6.07, 6.45) is 3.66. The Morgan fingerprint density at radius 2 is 2.06 bits per heavy atom. The summed E-state index contributed by atoms with van der Waals surface area (Å²) in [7, 11) is 0.